The van der Waals surface area contributed by atoms with Crippen LogP contribution in [0.5, 0.6) is 0 Å². The Morgan fingerprint density at radius 2 is 1.81 bits per heavy atom. The van der Waals surface area contributed by atoms with Crippen LogP contribution in [0.15, 0.2) is 0 Å². The first kappa shape index (κ1) is 14.4. The topological polar surface area (TPSA) is 105 Å². The van der Waals surface area contributed by atoms with E-state index in [4.69, 9.17) is 5.73 Å². The monoisotopic (exact) mass is 230 g/mol. The maximum atomic E-state index is 11.4. The van der Waals surface area contributed by atoms with Crippen molar-refractivity contribution in [3.05, 3.63) is 0 Å². The van der Waals surface area contributed by atoms with Crippen LogP contribution in [0.3, 0.4) is 0 Å². The molecule has 7 nitrogen and oxygen atoms in total. The lowest BCUT2D eigenvalue weighted by Gasteiger charge is -2.17. The summed E-state index contributed by atoms with van der Waals surface area (Å²) in [6, 6.07) is -0.614. The van der Waals surface area contributed by atoms with Gasteiger partial charge in [-0.2, -0.15) is 0 Å². The first-order valence-corrected chi connectivity index (χ1v) is 4.85. The fourth-order valence-electron chi connectivity index (χ4n) is 0.993. The number of nitrogens with one attached hydrogen (secondary N) is 2. The predicted octanol–water partition coefficient (Wildman–Crippen LogP) is -2.35. The van der Waals surface area contributed by atoms with Gasteiger partial charge in [0.25, 0.3) is 0 Å². The van der Waals surface area contributed by atoms with Crippen molar-refractivity contribution in [2.75, 3.05) is 27.2 Å². The highest BCUT2D eigenvalue weighted by molar-refractivity contribution is 5.89. The van der Waals surface area contributed by atoms with Crippen molar-refractivity contribution < 1.29 is 14.4 Å². The van der Waals surface area contributed by atoms with E-state index in [1.54, 1.807) is 21.0 Å². The molecule has 0 saturated heterocycles. The second kappa shape index (κ2) is 6.78. The van der Waals surface area contributed by atoms with Crippen LogP contribution in [-0.2, 0) is 14.4 Å². The fourth-order valence-corrected chi connectivity index (χ4v) is 0.993. The maximum Gasteiger partial charge on any atom is 0.244 e. The molecular weight excluding hydrogens is 212 g/mol. The Labute approximate surface area is 94.3 Å². The lowest BCUT2D eigenvalue weighted by molar-refractivity contribution is -0.133. The number of nitrogens with zero attached hydrogens (tertiary/aromatic N) is 1. The summed E-state index contributed by atoms with van der Waals surface area (Å²) in [6.45, 7) is 1.23. The molecule has 16 heavy (non-hydrogen) atoms. The van der Waals surface area contributed by atoms with E-state index in [-0.39, 0.29) is 19.0 Å². The number of rotatable bonds is 5. The number of hydrogen-bond acceptors (Lipinski definition) is 4. The van der Waals surface area contributed by atoms with Gasteiger partial charge in [0.1, 0.15) is 6.04 Å². The summed E-state index contributed by atoms with van der Waals surface area (Å²) in [4.78, 5) is 34.8. The average Bonchev–Trinajstić information content (AvgIpc) is 2.24. The van der Waals surface area contributed by atoms with E-state index >= 15 is 0 Å². The van der Waals surface area contributed by atoms with Gasteiger partial charge in [0.15, 0.2) is 0 Å². The van der Waals surface area contributed by atoms with Crippen molar-refractivity contribution in [3.63, 3.8) is 0 Å². The lowest BCUT2D eigenvalue weighted by atomic mass is 10.3. The van der Waals surface area contributed by atoms with Crippen molar-refractivity contribution in [1.82, 2.24) is 15.5 Å². The summed E-state index contributed by atoms with van der Waals surface area (Å²) in [5.41, 5.74) is 5.04. The molecule has 0 saturated carbocycles. The molecular formula is C9H18N4O3. The molecule has 0 spiro atoms. The Kier molecular flexibility index (Phi) is 6.09. The molecule has 0 aromatic rings. The highest BCUT2D eigenvalue weighted by Crippen LogP contribution is 1.87. The number of nitrogens with two attached hydrogens (primary N) is 1. The average molecular weight is 230 g/mol. The minimum Gasteiger partial charge on any atom is -0.347 e. The molecule has 0 heterocycles. The molecule has 0 bridgehead atoms. The van der Waals surface area contributed by atoms with Gasteiger partial charge < -0.3 is 21.3 Å². The largest absolute Gasteiger partial charge is 0.347 e. The summed E-state index contributed by atoms with van der Waals surface area (Å²) in [5, 5.41) is 4.76. The molecule has 0 aliphatic heterocycles. The van der Waals surface area contributed by atoms with E-state index in [0.717, 1.165) is 0 Å². The Bertz CT molecular complexity index is 278. The smallest absolute Gasteiger partial charge is 0.244 e. The number of carbonyl (C=O) groups is 3. The maximum absolute atomic E-state index is 11.4. The van der Waals surface area contributed by atoms with Crippen molar-refractivity contribution in [2.24, 2.45) is 5.73 Å². The second-order valence-corrected chi connectivity index (χ2v) is 3.50. The Morgan fingerprint density at radius 1 is 1.25 bits per heavy atom. The van der Waals surface area contributed by atoms with E-state index < -0.39 is 17.9 Å². The molecule has 1 unspecified atom stereocenters. The SMILES string of the molecule is CC(NC(=O)CNC(=O)CN)C(=O)N(C)C. The van der Waals surface area contributed by atoms with Gasteiger partial charge in [-0.05, 0) is 6.92 Å². The summed E-state index contributed by atoms with van der Waals surface area (Å²) >= 11 is 0. The Balaban J connectivity index is 3.96. The predicted molar refractivity (Wildman–Crippen MR) is 58.4 cm³/mol. The van der Waals surface area contributed by atoms with Gasteiger partial charge in [-0.25, -0.2) is 0 Å². The highest BCUT2D eigenvalue weighted by atomic mass is 16.2. The summed E-state index contributed by atoms with van der Waals surface area (Å²) in [5.74, 6) is -1.05. The van der Waals surface area contributed by atoms with E-state index in [2.05, 4.69) is 10.6 Å². The zero-order chi connectivity index (χ0) is 12.7. The van der Waals surface area contributed by atoms with Gasteiger partial charge in [0.05, 0.1) is 13.1 Å². The molecule has 0 rings (SSSR count). The molecule has 1 atom stereocenters. The fraction of sp³-hybridized carbons (Fsp3) is 0.667. The molecule has 0 aromatic carbocycles. The molecule has 0 aromatic heterocycles. The first-order chi connectivity index (χ1) is 7.38. The zero-order valence-electron chi connectivity index (χ0n) is 9.74. The van der Waals surface area contributed by atoms with Crippen LogP contribution in [0.1, 0.15) is 6.92 Å². The zero-order valence-corrected chi connectivity index (χ0v) is 9.74. The minimum absolute atomic E-state index is 0.167. The van der Waals surface area contributed by atoms with Crippen LogP contribution in [0.2, 0.25) is 0 Å². The van der Waals surface area contributed by atoms with Gasteiger partial charge in [-0.3, -0.25) is 14.4 Å². The number of hydrogen-bond donors (Lipinski definition) is 3. The number of carbonyl (C=O) groups excluding carboxylic acids is 3. The molecule has 0 aliphatic carbocycles. The van der Waals surface area contributed by atoms with Gasteiger partial charge >= 0.3 is 0 Å². The van der Waals surface area contributed by atoms with Gasteiger partial charge in [0, 0.05) is 14.1 Å². The highest BCUT2D eigenvalue weighted by Gasteiger charge is 2.16. The first-order valence-electron chi connectivity index (χ1n) is 4.85. The standard InChI is InChI=1S/C9H18N4O3/c1-6(9(16)13(2)3)12-8(15)5-11-7(14)4-10/h6H,4-5,10H2,1-3H3,(H,11,14)(H,12,15). The molecule has 4 N–H and O–H groups in total. The van der Waals surface area contributed by atoms with Crippen molar-refractivity contribution >= 4 is 17.7 Å². The van der Waals surface area contributed by atoms with E-state index in [1.807, 2.05) is 0 Å². The van der Waals surface area contributed by atoms with Crippen LogP contribution in [0.25, 0.3) is 0 Å². The third-order valence-corrected chi connectivity index (χ3v) is 1.82. The molecule has 0 aliphatic rings. The van der Waals surface area contributed by atoms with Crippen molar-refractivity contribution in [1.29, 1.82) is 0 Å². The normalized spacial score (nSPS) is 11.5. The van der Waals surface area contributed by atoms with Crippen molar-refractivity contribution in [3.8, 4) is 0 Å². The minimum atomic E-state index is -0.614. The quantitative estimate of drug-likeness (QED) is 0.492. The molecule has 7 heteroatoms. The van der Waals surface area contributed by atoms with Gasteiger partial charge in [-0.15, -0.1) is 0 Å². The molecule has 92 valence electrons. The number of amides is 3. The number of likely N-dealkylation sites (N-methyl/N-ethyl adjacent to an activating group) is 1. The Morgan fingerprint density at radius 3 is 2.25 bits per heavy atom. The van der Waals surface area contributed by atoms with Crippen LogP contribution in [0.4, 0.5) is 0 Å². The van der Waals surface area contributed by atoms with Crippen LogP contribution >= 0.6 is 0 Å². The third kappa shape index (κ3) is 5.30. The van der Waals surface area contributed by atoms with Crippen LogP contribution in [0, 0.1) is 0 Å². The van der Waals surface area contributed by atoms with Gasteiger partial charge in [-0.1, -0.05) is 0 Å². The third-order valence-electron chi connectivity index (χ3n) is 1.82. The Hall–Kier alpha value is -1.63. The molecule has 0 fully saturated rings. The lowest BCUT2D eigenvalue weighted by Crippen LogP contribution is -2.48. The summed E-state index contributed by atoms with van der Waals surface area (Å²) < 4.78 is 0. The van der Waals surface area contributed by atoms with E-state index in [1.165, 1.54) is 4.90 Å². The van der Waals surface area contributed by atoms with Crippen molar-refractivity contribution in [2.45, 2.75) is 13.0 Å². The van der Waals surface area contributed by atoms with E-state index in [0.29, 0.717) is 0 Å². The second-order valence-electron chi connectivity index (χ2n) is 3.50. The summed E-state index contributed by atoms with van der Waals surface area (Å²) in [7, 11) is 3.20. The molecule has 3 amide bonds. The van der Waals surface area contributed by atoms with Gasteiger partial charge in [0.2, 0.25) is 17.7 Å². The molecule has 0 radical (unpaired) electrons. The van der Waals surface area contributed by atoms with Crippen LogP contribution < -0.4 is 16.4 Å². The van der Waals surface area contributed by atoms with E-state index in [9.17, 15) is 14.4 Å². The van der Waals surface area contributed by atoms with Crippen LogP contribution in [-0.4, -0.2) is 55.8 Å². The summed E-state index contributed by atoms with van der Waals surface area (Å²) in [6.07, 6.45) is 0.